The number of anilines is 1. The van der Waals surface area contributed by atoms with Crippen molar-refractivity contribution in [1.82, 2.24) is 5.32 Å². The first-order valence-corrected chi connectivity index (χ1v) is 6.04. The number of rotatable bonds is 7. The predicted molar refractivity (Wildman–Crippen MR) is 69.8 cm³/mol. The SMILES string of the molecule is O=C(O)CCCNCC(=O)Nc1ccc(F)c(Cl)c1. The van der Waals surface area contributed by atoms with Gasteiger partial charge in [-0.3, -0.25) is 9.59 Å². The fourth-order valence-corrected chi connectivity index (χ4v) is 1.53. The van der Waals surface area contributed by atoms with E-state index < -0.39 is 11.8 Å². The maximum Gasteiger partial charge on any atom is 0.303 e. The van der Waals surface area contributed by atoms with Crippen LogP contribution >= 0.6 is 11.6 Å². The molecule has 0 spiro atoms. The Kier molecular flexibility index (Phi) is 6.24. The number of carboxylic acid groups (broad SMARTS) is 1. The number of halogens is 2. The van der Waals surface area contributed by atoms with Crippen molar-refractivity contribution >= 4 is 29.2 Å². The summed E-state index contributed by atoms with van der Waals surface area (Å²) in [7, 11) is 0. The topological polar surface area (TPSA) is 78.4 Å². The van der Waals surface area contributed by atoms with Gasteiger partial charge in [0.1, 0.15) is 5.82 Å². The van der Waals surface area contributed by atoms with Crippen molar-refractivity contribution in [3.8, 4) is 0 Å². The molecular weight excluding hydrogens is 275 g/mol. The highest BCUT2D eigenvalue weighted by atomic mass is 35.5. The molecular formula is C12H14ClFN2O3. The number of aliphatic carboxylic acids is 1. The Bertz CT molecular complexity index is 468. The number of carboxylic acids is 1. The van der Waals surface area contributed by atoms with E-state index in [1.807, 2.05) is 0 Å². The summed E-state index contributed by atoms with van der Waals surface area (Å²) in [4.78, 5) is 21.7. The molecule has 7 heteroatoms. The molecule has 0 heterocycles. The molecule has 3 N–H and O–H groups in total. The van der Waals surface area contributed by atoms with Crippen molar-refractivity contribution in [3.05, 3.63) is 29.0 Å². The van der Waals surface area contributed by atoms with Crippen LogP contribution in [-0.2, 0) is 9.59 Å². The van der Waals surface area contributed by atoms with Gasteiger partial charge in [0.25, 0.3) is 0 Å². The number of carbonyl (C=O) groups is 2. The number of amides is 1. The molecule has 0 radical (unpaired) electrons. The fourth-order valence-electron chi connectivity index (χ4n) is 1.35. The highest BCUT2D eigenvalue weighted by molar-refractivity contribution is 6.31. The predicted octanol–water partition coefficient (Wildman–Crippen LogP) is 1.87. The van der Waals surface area contributed by atoms with Crippen molar-refractivity contribution in [2.75, 3.05) is 18.4 Å². The summed E-state index contributed by atoms with van der Waals surface area (Å²) >= 11 is 5.57. The minimum absolute atomic E-state index is 0.0502. The summed E-state index contributed by atoms with van der Waals surface area (Å²) in [6.45, 7) is 0.485. The van der Waals surface area contributed by atoms with Crippen molar-refractivity contribution in [2.45, 2.75) is 12.8 Å². The molecule has 0 aliphatic heterocycles. The summed E-state index contributed by atoms with van der Waals surface area (Å²) in [6, 6.07) is 3.89. The molecule has 1 aromatic carbocycles. The molecule has 0 aliphatic rings. The Labute approximate surface area is 114 Å². The summed E-state index contributed by atoms with van der Waals surface area (Å²) in [5, 5.41) is 13.7. The van der Waals surface area contributed by atoms with Gasteiger partial charge < -0.3 is 15.7 Å². The van der Waals surface area contributed by atoms with Gasteiger partial charge in [0.2, 0.25) is 5.91 Å². The lowest BCUT2D eigenvalue weighted by Crippen LogP contribution is -2.29. The highest BCUT2D eigenvalue weighted by Gasteiger charge is 2.05. The van der Waals surface area contributed by atoms with Gasteiger partial charge in [-0.1, -0.05) is 11.6 Å². The molecule has 0 saturated carbocycles. The van der Waals surface area contributed by atoms with E-state index in [0.29, 0.717) is 18.7 Å². The van der Waals surface area contributed by atoms with E-state index in [4.69, 9.17) is 16.7 Å². The van der Waals surface area contributed by atoms with Crippen LogP contribution in [0.3, 0.4) is 0 Å². The van der Waals surface area contributed by atoms with E-state index in [9.17, 15) is 14.0 Å². The van der Waals surface area contributed by atoms with Crippen molar-refractivity contribution < 1.29 is 19.1 Å². The summed E-state index contributed by atoms with van der Waals surface area (Å²) in [5.74, 6) is -1.73. The van der Waals surface area contributed by atoms with E-state index in [0.717, 1.165) is 6.07 Å². The molecule has 0 saturated heterocycles. The number of hydrogen-bond donors (Lipinski definition) is 3. The Hall–Kier alpha value is -1.66. The van der Waals surface area contributed by atoms with Crippen LogP contribution in [-0.4, -0.2) is 30.1 Å². The van der Waals surface area contributed by atoms with E-state index in [1.165, 1.54) is 12.1 Å². The average Bonchev–Trinajstić information content (AvgIpc) is 2.33. The molecule has 0 aromatic heterocycles. The third-order valence-corrected chi connectivity index (χ3v) is 2.52. The molecule has 0 atom stereocenters. The average molecular weight is 289 g/mol. The zero-order valence-corrected chi connectivity index (χ0v) is 10.8. The van der Waals surface area contributed by atoms with Crippen LogP contribution in [0.15, 0.2) is 18.2 Å². The van der Waals surface area contributed by atoms with Crippen molar-refractivity contribution in [1.29, 1.82) is 0 Å². The molecule has 1 amide bonds. The number of benzene rings is 1. The minimum atomic E-state index is -0.868. The second-order valence-corrected chi connectivity index (χ2v) is 4.26. The lowest BCUT2D eigenvalue weighted by Gasteiger charge is -2.07. The van der Waals surface area contributed by atoms with E-state index in [1.54, 1.807) is 0 Å². The molecule has 1 aromatic rings. The van der Waals surface area contributed by atoms with Gasteiger partial charge in [-0.25, -0.2) is 4.39 Å². The van der Waals surface area contributed by atoms with Crippen LogP contribution < -0.4 is 10.6 Å². The zero-order chi connectivity index (χ0) is 14.3. The van der Waals surface area contributed by atoms with Gasteiger partial charge in [-0.2, -0.15) is 0 Å². The lowest BCUT2D eigenvalue weighted by molar-refractivity contribution is -0.137. The molecule has 104 valence electrons. The standard InChI is InChI=1S/C12H14ClFN2O3/c13-9-6-8(3-4-10(9)14)16-11(17)7-15-5-1-2-12(18)19/h3-4,6,15H,1-2,5,7H2,(H,16,17)(H,18,19). The van der Waals surface area contributed by atoms with Crippen molar-refractivity contribution in [2.24, 2.45) is 0 Å². The second kappa shape index (κ2) is 7.70. The van der Waals surface area contributed by atoms with E-state index in [-0.39, 0.29) is 23.9 Å². The van der Waals surface area contributed by atoms with Gasteiger partial charge >= 0.3 is 5.97 Å². The third kappa shape index (κ3) is 6.17. The molecule has 0 bridgehead atoms. The second-order valence-electron chi connectivity index (χ2n) is 3.85. The lowest BCUT2D eigenvalue weighted by atomic mass is 10.3. The largest absolute Gasteiger partial charge is 0.481 e. The first-order chi connectivity index (χ1) is 8.99. The quantitative estimate of drug-likeness (QED) is 0.669. The number of hydrogen-bond acceptors (Lipinski definition) is 3. The Morgan fingerprint density at radius 1 is 1.37 bits per heavy atom. The summed E-state index contributed by atoms with van der Waals surface area (Å²) in [5.41, 5.74) is 0.406. The molecule has 0 unspecified atom stereocenters. The third-order valence-electron chi connectivity index (χ3n) is 2.23. The van der Waals surface area contributed by atoms with E-state index >= 15 is 0 Å². The fraction of sp³-hybridized carbons (Fsp3) is 0.333. The van der Waals surface area contributed by atoms with Crippen LogP contribution in [0.5, 0.6) is 0 Å². The van der Waals surface area contributed by atoms with Crippen LogP contribution in [0.25, 0.3) is 0 Å². The van der Waals surface area contributed by atoms with Crippen LogP contribution in [0.2, 0.25) is 5.02 Å². The van der Waals surface area contributed by atoms with Crippen molar-refractivity contribution in [3.63, 3.8) is 0 Å². The number of carbonyl (C=O) groups excluding carboxylic acids is 1. The molecule has 0 aliphatic carbocycles. The molecule has 1 rings (SSSR count). The van der Waals surface area contributed by atoms with Gasteiger partial charge in [-0.05, 0) is 31.2 Å². The first kappa shape index (κ1) is 15.4. The Morgan fingerprint density at radius 3 is 2.74 bits per heavy atom. The van der Waals surface area contributed by atoms with Gasteiger partial charge in [0.15, 0.2) is 0 Å². The monoisotopic (exact) mass is 288 g/mol. The smallest absolute Gasteiger partial charge is 0.303 e. The van der Waals surface area contributed by atoms with Gasteiger partial charge in [0.05, 0.1) is 11.6 Å². The van der Waals surface area contributed by atoms with Crippen LogP contribution in [0.1, 0.15) is 12.8 Å². The molecule has 19 heavy (non-hydrogen) atoms. The first-order valence-electron chi connectivity index (χ1n) is 5.66. The Balaban J connectivity index is 2.27. The van der Waals surface area contributed by atoms with Crippen LogP contribution in [0, 0.1) is 5.82 Å². The van der Waals surface area contributed by atoms with Gasteiger partial charge in [0, 0.05) is 12.1 Å². The maximum absolute atomic E-state index is 12.9. The van der Waals surface area contributed by atoms with Crippen LogP contribution in [0.4, 0.5) is 10.1 Å². The summed E-state index contributed by atoms with van der Waals surface area (Å²) in [6.07, 6.45) is 0.507. The van der Waals surface area contributed by atoms with E-state index in [2.05, 4.69) is 10.6 Å². The normalized spacial score (nSPS) is 10.2. The minimum Gasteiger partial charge on any atom is -0.481 e. The number of nitrogens with one attached hydrogen (secondary N) is 2. The highest BCUT2D eigenvalue weighted by Crippen LogP contribution is 2.19. The Morgan fingerprint density at radius 2 is 2.11 bits per heavy atom. The molecule has 0 fully saturated rings. The zero-order valence-electron chi connectivity index (χ0n) is 10.1. The molecule has 5 nitrogen and oxygen atoms in total. The summed E-state index contributed by atoms with van der Waals surface area (Å²) < 4.78 is 12.9. The maximum atomic E-state index is 12.9. The van der Waals surface area contributed by atoms with Gasteiger partial charge in [-0.15, -0.1) is 0 Å².